The van der Waals surface area contributed by atoms with E-state index in [9.17, 15) is 13.2 Å². The van der Waals surface area contributed by atoms with Gasteiger partial charge in [0.15, 0.2) is 0 Å². The first-order valence-electron chi connectivity index (χ1n) is 11.0. The Labute approximate surface area is 180 Å². The number of nitrogens with one attached hydrogen (secondary N) is 2. The van der Waals surface area contributed by atoms with Crippen molar-refractivity contribution in [1.82, 2.24) is 14.6 Å². The summed E-state index contributed by atoms with van der Waals surface area (Å²) in [7, 11) is -3.19. The Morgan fingerprint density at radius 2 is 1.80 bits per heavy atom. The number of carbonyl (C=O) groups excluding carboxylic acids is 1. The third kappa shape index (κ3) is 6.07. The maximum atomic E-state index is 12.0. The summed E-state index contributed by atoms with van der Waals surface area (Å²) in [6, 6.07) is 4.16. The fourth-order valence-electron chi connectivity index (χ4n) is 4.04. The van der Waals surface area contributed by atoms with Gasteiger partial charge in [0.25, 0.3) is 0 Å². The van der Waals surface area contributed by atoms with E-state index in [2.05, 4.69) is 26.0 Å². The molecule has 30 heavy (non-hydrogen) atoms. The van der Waals surface area contributed by atoms with Gasteiger partial charge in [-0.25, -0.2) is 18.1 Å². The summed E-state index contributed by atoms with van der Waals surface area (Å²) in [5.41, 5.74) is 1.00. The summed E-state index contributed by atoms with van der Waals surface area (Å²) in [4.78, 5) is 20.1. The fraction of sp³-hybridized carbons (Fsp3) is 0.714. The number of piperazine rings is 1. The first-order chi connectivity index (χ1) is 14.2. The second kappa shape index (κ2) is 9.96. The average molecular weight is 438 g/mol. The Bertz CT molecular complexity index is 796. The van der Waals surface area contributed by atoms with Crippen LogP contribution in [-0.4, -0.2) is 68.2 Å². The van der Waals surface area contributed by atoms with Crippen LogP contribution in [0.1, 0.15) is 46.5 Å². The summed E-state index contributed by atoms with van der Waals surface area (Å²) in [5.74, 6) is 1.62. The SMILES string of the molecule is CC(=O)N1CCN(c2ccc(NCC3CCC(NS(=O)(=O)C(C)C)CC3)cn2)CC1. The van der Waals surface area contributed by atoms with Crippen molar-refractivity contribution in [3.63, 3.8) is 0 Å². The Morgan fingerprint density at radius 3 is 2.33 bits per heavy atom. The standard InChI is InChI=1S/C21H35N5O3S/c1-16(2)30(28,29)24-19-6-4-18(5-7-19)14-22-20-8-9-21(23-15-20)26-12-10-25(11-13-26)17(3)27/h8-9,15-16,18-19,22,24H,4-7,10-14H2,1-3H3. The molecule has 1 aromatic rings. The van der Waals surface area contributed by atoms with Gasteiger partial charge in [-0.15, -0.1) is 0 Å². The predicted molar refractivity (Wildman–Crippen MR) is 120 cm³/mol. The van der Waals surface area contributed by atoms with Crippen LogP contribution in [-0.2, 0) is 14.8 Å². The highest BCUT2D eigenvalue weighted by molar-refractivity contribution is 7.90. The van der Waals surface area contributed by atoms with Crippen molar-refractivity contribution in [1.29, 1.82) is 0 Å². The lowest BCUT2D eigenvalue weighted by Gasteiger charge is -2.35. The maximum Gasteiger partial charge on any atom is 0.219 e. The molecule has 1 amide bonds. The molecule has 2 N–H and O–H groups in total. The lowest BCUT2D eigenvalue weighted by atomic mass is 9.86. The summed E-state index contributed by atoms with van der Waals surface area (Å²) < 4.78 is 26.9. The van der Waals surface area contributed by atoms with Gasteiger partial charge in [-0.05, 0) is 57.6 Å². The first-order valence-corrected chi connectivity index (χ1v) is 12.5. The van der Waals surface area contributed by atoms with E-state index in [4.69, 9.17) is 0 Å². The molecule has 1 aliphatic carbocycles. The molecule has 0 radical (unpaired) electrons. The molecular weight excluding hydrogens is 402 g/mol. The topological polar surface area (TPSA) is 94.6 Å². The van der Waals surface area contributed by atoms with Crippen LogP contribution in [0.2, 0.25) is 0 Å². The summed E-state index contributed by atoms with van der Waals surface area (Å²) in [6.07, 6.45) is 5.69. The zero-order valence-electron chi connectivity index (χ0n) is 18.3. The highest BCUT2D eigenvalue weighted by atomic mass is 32.2. The molecular formula is C21H35N5O3S. The molecule has 1 saturated heterocycles. The number of hydrogen-bond donors (Lipinski definition) is 2. The number of nitrogens with zero attached hydrogens (tertiary/aromatic N) is 3. The minimum atomic E-state index is -3.19. The van der Waals surface area contributed by atoms with Crippen molar-refractivity contribution in [2.24, 2.45) is 5.92 Å². The number of hydrogen-bond acceptors (Lipinski definition) is 6. The van der Waals surface area contributed by atoms with E-state index in [1.54, 1.807) is 20.8 Å². The van der Waals surface area contributed by atoms with Crippen LogP contribution in [0, 0.1) is 5.92 Å². The van der Waals surface area contributed by atoms with Gasteiger partial charge in [-0.3, -0.25) is 4.79 Å². The average Bonchev–Trinajstić information content (AvgIpc) is 2.73. The minimum absolute atomic E-state index is 0.0677. The van der Waals surface area contributed by atoms with Crippen LogP contribution < -0.4 is 14.9 Å². The van der Waals surface area contributed by atoms with Crippen molar-refractivity contribution in [3.8, 4) is 0 Å². The Morgan fingerprint density at radius 1 is 1.13 bits per heavy atom. The third-order valence-corrected chi connectivity index (χ3v) is 8.09. The Hall–Kier alpha value is -1.87. The van der Waals surface area contributed by atoms with Crippen LogP contribution >= 0.6 is 0 Å². The molecule has 0 spiro atoms. The van der Waals surface area contributed by atoms with Crippen molar-refractivity contribution in [2.45, 2.75) is 57.7 Å². The van der Waals surface area contributed by atoms with Crippen molar-refractivity contribution < 1.29 is 13.2 Å². The van der Waals surface area contributed by atoms with E-state index in [-0.39, 0.29) is 17.2 Å². The number of amides is 1. The zero-order valence-corrected chi connectivity index (χ0v) is 19.1. The van der Waals surface area contributed by atoms with Crippen LogP contribution in [0.4, 0.5) is 11.5 Å². The third-order valence-electron chi connectivity index (χ3n) is 6.19. The summed E-state index contributed by atoms with van der Waals surface area (Å²) >= 11 is 0. The number of pyridine rings is 1. The van der Waals surface area contributed by atoms with Crippen molar-refractivity contribution in [2.75, 3.05) is 42.9 Å². The smallest absolute Gasteiger partial charge is 0.219 e. The quantitative estimate of drug-likeness (QED) is 0.678. The molecule has 1 aliphatic heterocycles. The van der Waals surface area contributed by atoms with E-state index in [0.29, 0.717) is 5.92 Å². The lowest BCUT2D eigenvalue weighted by molar-refractivity contribution is -0.129. The summed E-state index contributed by atoms with van der Waals surface area (Å²) in [6.45, 7) is 9.02. The van der Waals surface area contributed by atoms with Gasteiger partial charge in [0.05, 0.1) is 17.1 Å². The molecule has 1 aromatic heterocycles. The second-order valence-corrected chi connectivity index (χ2v) is 11.0. The Balaban J connectivity index is 1.40. The van der Waals surface area contributed by atoms with E-state index in [0.717, 1.165) is 69.9 Å². The molecule has 0 aromatic carbocycles. The molecule has 9 heteroatoms. The monoisotopic (exact) mass is 437 g/mol. The van der Waals surface area contributed by atoms with E-state index >= 15 is 0 Å². The largest absolute Gasteiger partial charge is 0.384 e. The van der Waals surface area contributed by atoms with E-state index < -0.39 is 10.0 Å². The molecule has 0 bridgehead atoms. The van der Waals surface area contributed by atoms with Crippen LogP contribution in [0.25, 0.3) is 0 Å². The molecule has 2 fully saturated rings. The number of aromatic nitrogens is 1. The fourth-order valence-corrected chi connectivity index (χ4v) is 5.02. The summed E-state index contributed by atoms with van der Waals surface area (Å²) in [5, 5.41) is 3.09. The molecule has 1 saturated carbocycles. The van der Waals surface area contributed by atoms with Crippen LogP contribution in [0.5, 0.6) is 0 Å². The zero-order chi connectivity index (χ0) is 21.7. The number of rotatable bonds is 7. The van der Waals surface area contributed by atoms with E-state index in [1.165, 1.54) is 0 Å². The number of anilines is 2. The molecule has 3 rings (SSSR count). The van der Waals surface area contributed by atoms with Crippen molar-refractivity contribution in [3.05, 3.63) is 18.3 Å². The normalized spacial score (nSPS) is 22.9. The van der Waals surface area contributed by atoms with Gasteiger partial charge in [0, 0.05) is 45.7 Å². The predicted octanol–water partition coefficient (Wildman–Crippen LogP) is 2.05. The minimum Gasteiger partial charge on any atom is -0.384 e. The first kappa shape index (κ1) is 22.8. The van der Waals surface area contributed by atoms with Crippen LogP contribution in [0.3, 0.4) is 0 Å². The molecule has 2 aliphatic rings. The van der Waals surface area contributed by atoms with Gasteiger partial charge in [-0.2, -0.15) is 0 Å². The van der Waals surface area contributed by atoms with Gasteiger partial charge >= 0.3 is 0 Å². The molecule has 8 nitrogen and oxygen atoms in total. The van der Waals surface area contributed by atoms with Crippen molar-refractivity contribution >= 4 is 27.4 Å². The maximum absolute atomic E-state index is 12.0. The highest BCUT2D eigenvalue weighted by Crippen LogP contribution is 2.26. The molecule has 0 atom stereocenters. The highest BCUT2D eigenvalue weighted by Gasteiger charge is 2.26. The van der Waals surface area contributed by atoms with Gasteiger partial charge in [-0.1, -0.05) is 0 Å². The Kier molecular flexibility index (Phi) is 7.57. The molecule has 168 valence electrons. The molecule has 2 heterocycles. The second-order valence-electron chi connectivity index (χ2n) is 8.71. The molecule has 0 unspecified atom stereocenters. The van der Waals surface area contributed by atoms with Gasteiger partial charge < -0.3 is 15.1 Å². The van der Waals surface area contributed by atoms with Crippen LogP contribution in [0.15, 0.2) is 18.3 Å². The number of sulfonamides is 1. The van der Waals surface area contributed by atoms with Gasteiger partial charge in [0.2, 0.25) is 15.9 Å². The van der Waals surface area contributed by atoms with Gasteiger partial charge in [0.1, 0.15) is 5.82 Å². The number of carbonyl (C=O) groups is 1. The lowest BCUT2D eigenvalue weighted by Crippen LogP contribution is -2.48. The van der Waals surface area contributed by atoms with E-state index in [1.807, 2.05) is 17.2 Å².